The molecule has 1 N–H and O–H groups in total. The van der Waals surface area contributed by atoms with E-state index in [4.69, 9.17) is 0 Å². The number of nitrogens with zero attached hydrogens (tertiary/aromatic N) is 2. The Hall–Kier alpha value is -2.47. The molecule has 0 spiro atoms. The summed E-state index contributed by atoms with van der Waals surface area (Å²) in [4.78, 5) is 20.9. The molecule has 0 aliphatic rings. The van der Waals surface area contributed by atoms with Crippen molar-refractivity contribution in [2.24, 2.45) is 5.92 Å². The van der Waals surface area contributed by atoms with Gasteiger partial charge in [0.15, 0.2) is 0 Å². The van der Waals surface area contributed by atoms with Crippen LogP contribution >= 0.6 is 11.3 Å². The molecule has 2 heterocycles. The van der Waals surface area contributed by atoms with Gasteiger partial charge in [-0.1, -0.05) is 44.2 Å². The maximum absolute atomic E-state index is 11.5. The summed E-state index contributed by atoms with van der Waals surface area (Å²) >= 11 is 1.52. The third-order valence-corrected chi connectivity index (χ3v) is 4.64. The van der Waals surface area contributed by atoms with Crippen molar-refractivity contribution >= 4 is 33.3 Å². The van der Waals surface area contributed by atoms with Crippen LogP contribution in [-0.2, 0) is 4.79 Å². The number of anilines is 1. The number of hydrogen-bond acceptors (Lipinski definition) is 6. The maximum Gasteiger partial charge on any atom is 0.139 e. The van der Waals surface area contributed by atoms with Crippen molar-refractivity contribution in [3.05, 3.63) is 42.0 Å². The van der Waals surface area contributed by atoms with Gasteiger partial charge in [0.1, 0.15) is 17.0 Å². The normalized spacial score (nSPS) is 12.5. The molecule has 2 aromatic heterocycles. The van der Waals surface area contributed by atoms with E-state index < -0.39 is 12.0 Å². The molecule has 0 saturated heterocycles. The van der Waals surface area contributed by atoms with Gasteiger partial charge in [-0.15, -0.1) is 11.3 Å². The second-order valence-electron chi connectivity index (χ2n) is 6.06. The standard InChI is InChI=1S/C18H19N3O2S/c1-11(2)8-14(18(22)23)21-16-15-13(12-6-4-3-5-7-12)9-24-17(15)20-10-19-16/h3-7,9-11,14H,8H2,1-2H3,(H,22,23)(H,19,20,21)/p-1/t14-/m0/s1. The number of carboxylic acids is 1. The molecule has 0 aliphatic heterocycles. The SMILES string of the molecule is CC(C)C[C@H](Nc1ncnc2scc(-c3ccccc3)c12)C(=O)[O-]. The lowest BCUT2D eigenvalue weighted by Gasteiger charge is -2.22. The molecule has 124 valence electrons. The van der Waals surface area contributed by atoms with E-state index in [0.717, 1.165) is 21.3 Å². The second-order valence-corrected chi connectivity index (χ2v) is 6.92. The van der Waals surface area contributed by atoms with Gasteiger partial charge in [0.05, 0.1) is 17.4 Å². The first-order valence-electron chi connectivity index (χ1n) is 7.81. The number of rotatable bonds is 6. The summed E-state index contributed by atoms with van der Waals surface area (Å²) < 4.78 is 0. The lowest BCUT2D eigenvalue weighted by Crippen LogP contribution is -2.41. The molecule has 1 atom stereocenters. The average molecular weight is 340 g/mol. The number of carbonyl (C=O) groups is 1. The summed E-state index contributed by atoms with van der Waals surface area (Å²) in [7, 11) is 0. The molecule has 3 rings (SSSR count). The topological polar surface area (TPSA) is 77.9 Å². The minimum atomic E-state index is -1.12. The first-order valence-corrected chi connectivity index (χ1v) is 8.69. The Morgan fingerprint density at radius 2 is 2.00 bits per heavy atom. The maximum atomic E-state index is 11.5. The zero-order chi connectivity index (χ0) is 17.1. The van der Waals surface area contributed by atoms with Crippen LogP contribution in [0.3, 0.4) is 0 Å². The van der Waals surface area contributed by atoms with Crippen LogP contribution in [0.1, 0.15) is 20.3 Å². The Morgan fingerprint density at radius 3 is 2.67 bits per heavy atom. The highest BCUT2D eigenvalue weighted by atomic mass is 32.1. The molecule has 3 aromatic rings. The molecule has 0 amide bonds. The summed E-state index contributed by atoms with van der Waals surface area (Å²) in [5.74, 6) is -0.351. The Labute approximate surface area is 144 Å². The van der Waals surface area contributed by atoms with Gasteiger partial charge in [0, 0.05) is 10.9 Å². The van der Waals surface area contributed by atoms with Gasteiger partial charge in [-0.05, 0) is 17.9 Å². The van der Waals surface area contributed by atoms with E-state index in [1.165, 1.54) is 17.7 Å². The highest BCUT2D eigenvalue weighted by Gasteiger charge is 2.17. The Kier molecular flexibility index (Phi) is 4.76. The molecule has 0 fully saturated rings. The summed E-state index contributed by atoms with van der Waals surface area (Å²) in [6, 6.07) is 9.15. The van der Waals surface area contributed by atoms with Crippen LogP contribution in [-0.4, -0.2) is 22.0 Å². The molecule has 6 heteroatoms. The van der Waals surface area contributed by atoms with Gasteiger partial charge in [0.25, 0.3) is 0 Å². The van der Waals surface area contributed by atoms with Gasteiger partial charge in [-0.2, -0.15) is 0 Å². The number of carbonyl (C=O) groups excluding carboxylic acids is 1. The van der Waals surface area contributed by atoms with Gasteiger partial charge in [-0.3, -0.25) is 0 Å². The van der Waals surface area contributed by atoms with Crippen LogP contribution in [0, 0.1) is 5.92 Å². The minimum absolute atomic E-state index is 0.230. The molecule has 0 radical (unpaired) electrons. The predicted octanol–water partition coefficient (Wildman–Crippen LogP) is 2.93. The zero-order valence-corrected chi connectivity index (χ0v) is 14.3. The van der Waals surface area contributed by atoms with E-state index >= 15 is 0 Å². The zero-order valence-electron chi connectivity index (χ0n) is 13.5. The smallest absolute Gasteiger partial charge is 0.139 e. The Bertz CT molecular complexity index is 846. The van der Waals surface area contributed by atoms with Crippen molar-refractivity contribution in [1.29, 1.82) is 0 Å². The number of benzene rings is 1. The number of aliphatic carboxylic acids is 1. The van der Waals surface area contributed by atoms with E-state index in [1.807, 2.05) is 49.6 Å². The molecule has 1 aromatic carbocycles. The monoisotopic (exact) mass is 340 g/mol. The van der Waals surface area contributed by atoms with E-state index in [0.29, 0.717) is 12.2 Å². The largest absolute Gasteiger partial charge is 0.548 e. The first-order chi connectivity index (χ1) is 11.6. The molecular weight excluding hydrogens is 322 g/mol. The summed E-state index contributed by atoms with van der Waals surface area (Å²) in [6.45, 7) is 3.96. The molecular formula is C18H18N3O2S-. The number of hydrogen-bond donors (Lipinski definition) is 1. The molecule has 0 unspecified atom stereocenters. The van der Waals surface area contributed by atoms with E-state index in [1.54, 1.807) is 0 Å². The van der Waals surface area contributed by atoms with Gasteiger partial charge in [0.2, 0.25) is 0 Å². The van der Waals surface area contributed by atoms with Crippen LogP contribution < -0.4 is 10.4 Å². The third kappa shape index (κ3) is 3.38. The number of thiophene rings is 1. The second kappa shape index (κ2) is 6.97. The minimum Gasteiger partial charge on any atom is -0.548 e. The predicted molar refractivity (Wildman–Crippen MR) is 94.7 cm³/mol. The van der Waals surface area contributed by atoms with Crippen molar-refractivity contribution < 1.29 is 9.90 Å². The molecule has 0 bridgehead atoms. The highest BCUT2D eigenvalue weighted by molar-refractivity contribution is 7.17. The van der Waals surface area contributed by atoms with Crippen LogP contribution in [0.2, 0.25) is 0 Å². The van der Waals surface area contributed by atoms with Gasteiger partial charge in [-0.25, -0.2) is 9.97 Å². The average Bonchev–Trinajstić information content (AvgIpc) is 2.99. The fraction of sp³-hybridized carbons (Fsp3) is 0.278. The summed E-state index contributed by atoms with van der Waals surface area (Å²) in [5.41, 5.74) is 2.05. The number of carboxylic acid groups (broad SMARTS) is 1. The Balaban J connectivity index is 2.05. The van der Waals surface area contributed by atoms with Crippen LogP contribution in [0.5, 0.6) is 0 Å². The van der Waals surface area contributed by atoms with E-state index in [9.17, 15) is 9.90 Å². The summed E-state index contributed by atoms with van der Waals surface area (Å²) in [5, 5.41) is 17.4. The fourth-order valence-electron chi connectivity index (χ4n) is 2.67. The number of nitrogens with one attached hydrogen (secondary N) is 1. The van der Waals surface area contributed by atoms with Crippen molar-refractivity contribution in [2.45, 2.75) is 26.3 Å². The molecule has 0 saturated carbocycles. The van der Waals surface area contributed by atoms with Crippen LogP contribution in [0.15, 0.2) is 42.0 Å². The third-order valence-electron chi connectivity index (χ3n) is 3.76. The van der Waals surface area contributed by atoms with Gasteiger partial charge < -0.3 is 15.2 Å². The fourth-order valence-corrected chi connectivity index (χ4v) is 3.58. The molecule has 0 aliphatic carbocycles. The van der Waals surface area contributed by atoms with Crippen LogP contribution in [0.25, 0.3) is 21.3 Å². The first kappa shape index (κ1) is 16.4. The summed E-state index contributed by atoms with van der Waals surface area (Å²) in [6.07, 6.45) is 1.93. The van der Waals surface area contributed by atoms with Crippen molar-refractivity contribution in [1.82, 2.24) is 9.97 Å². The highest BCUT2D eigenvalue weighted by Crippen LogP contribution is 2.36. The Morgan fingerprint density at radius 1 is 1.25 bits per heavy atom. The molecule has 24 heavy (non-hydrogen) atoms. The lowest BCUT2D eigenvalue weighted by atomic mass is 10.0. The van der Waals surface area contributed by atoms with Crippen molar-refractivity contribution in [3.63, 3.8) is 0 Å². The van der Waals surface area contributed by atoms with Crippen LogP contribution in [0.4, 0.5) is 5.82 Å². The number of aromatic nitrogens is 2. The van der Waals surface area contributed by atoms with E-state index in [2.05, 4.69) is 15.3 Å². The lowest BCUT2D eigenvalue weighted by molar-refractivity contribution is -0.307. The van der Waals surface area contributed by atoms with Crippen molar-refractivity contribution in [2.75, 3.05) is 5.32 Å². The van der Waals surface area contributed by atoms with Gasteiger partial charge >= 0.3 is 0 Å². The van der Waals surface area contributed by atoms with Crippen molar-refractivity contribution in [3.8, 4) is 11.1 Å². The molecule has 5 nitrogen and oxygen atoms in total. The van der Waals surface area contributed by atoms with E-state index in [-0.39, 0.29) is 5.92 Å². The quantitative estimate of drug-likeness (QED) is 0.746. The number of fused-ring (bicyclic) bond motifs is 1.